The first-order chi connectivity index (χ1) is 13.7. The quantitative estimate of drug-likeness (QED) is 0.731. The predicted molar refractivity (Wildman–Crippen MR) is 105 cm³/mol. The van der Waals surface area contributed by atoms with Gasteiger partial charge in [0.2, 0.25) is 5.91 Å². The third-order valence-corrected chi connectivity index (χ3v) is 6.64. The van der Waals surface area contributed by atoms with Gasteiger partial charge in [0.1, 0.15) is 0 Å². The molecule has 0 bridgehead atoms. The number of thiophene rings is 1. The number of aromatic amines is 1. The van der Waals surface area contributed by atoms with Crippen LogP contribution in [0.25, 0.3) is 10.6 Å². The van der Waals surface area contributed by atoms with Crippen molar-refractivity contribution >= 4 is 17.2 Å². The van der Waals surface area contributed by atoms with Crippen LogP contribution in [0.15, 0.2) is 23.7 Å². The number of likely N-dealkylation sites (tertiary alicyclic amines) is 1. The zero-order valence-electron chi connectivity index (χ0n) is 15.8. The number of rotatable bonds is 4. The highest BCUT2D eigenvalue weighted by Crippen LogP contribution is 2.35. The highest BCUT2D eigenvalue weighted by atomic mass is 32.1. The molecule has 5 heterocycles. The molecule has 0 spiro atoms. The van der Waals surface area contributed by atoms with Gasteiger partial charge in [-0.2, -0.15) is 5.10 Å². The molecule has 0 aliphatic carbocycles. The number of carbonyl (C=O) groups is 1. The maximum absolute atomic E-state index is 11.7. The van der Waals surface area contributed by atoms with Crippen molar-refractivity contribution in [1.82, 2.24) is 34.8 Å². The molecule has 1 atom stereocenters. The first kappa shape index (κ1) is 17.6. The maximum atomic E-state index is 11.7. The summed E-state index contributed by atoms with van der Waals surface area (Å²) in [5.74, 6) is 2.03. The van der Waals surface area contributed by atoms with Crippen molar-refractivity contribution in [1.29, 1.82) is 0 Å². The summed E-state index contributed by atoms with van der Waals surface area (Å²) in [7, 11) is 0. The Morgan fingerprint density at radius 3 is 3.07 bits per heavy atom. The maximum Gasteiger partial charge on any atom is 0.219 e. The van der Waals surface area contributed by atoms with E-state index in [9.17, 15) is 4.79 Å². The molecule has 3 aromatic rings. The molecule has 1 fully saturated rings. The highest BCUT2D eigenvalue weighted by Gasteiger charge is 2.33. The molecule has 2 aliphatic heterocycles. The van der Waals surface area contributed by atoms with Crippen molar-refractivity contribution in [3.63, 3.8) is 0 Å². The second-order valence-electron chi connectivity index (χ2n) is 7.44. The fourth-order valence-corrected chi connectivity index (χ4v) is 5.04. The first-order valence-electron chi connectivity index (χ1n) is 9.68. The topological polar surface area (TPSA) is 82.9 Å². The van der Waals surface area contributed by atoms with Crippen molar-refractivity contribution in [2.24, 2.45) is 0 Å². The second kappa shape index (κ2) is 7.14. The van der Waals surface area contributed by atoms with Crippen LogP contribution in [0.3, 0.4) is 0 Å². The molecule has 1 N–H and O–H groups in total. The predicted octanol–water partition coefficient (Wildman–Crippen LogP) is 2.43. The normalized spacial score (nSPS) is 19.9. The van der Waals surface area contributed by atoms with Gasteiger partial charge in [-0.1, -0.05) is 6.07 Å². The average molecular weight is 398 g/mol. The number of nitrogens with zero attached hydrogens (tertiary/aromatic N) is 6. The molecule has 5 rings (SSSR count). The number of amides is 1. The molecular formula is C19H23N7OS. The number of carbonyl (C=O) groups excluding carboxylic acids is 1. The molecule has 9 heteroatoms. The molecule has 0 aromatic carbocycles. The Morgan fingerprint density at radius 2 is 2.25 bits per heavy atom. The summed E-state index contributed by atoms with van der Waals surface area (Å²) in [6.45, 7) is 5.55. The number of aromatic nitrogens is 5. The van der Waals surface area contributed by atoms with Crippen LogP contribution < -0.4 is 0 Å². The van der Waals surface area contributed by atoms with E-state index in [1.165, 1.54) is 10.4 Å². The van der Waals surface area contributed by atoms with E-state index in [2.05, 4.69) is 47.4 Å². The van der Waals surface area contributed by atoms with Gasteiger partial charge in [0.25, 0.3) is 0 Å². The van der Waals surface area contributed by atoms with Gasteiger partial charge in [-0.05, 0) is 30.8 Å². The molecular weight excluding hydrogens is 374 g/mol. The summed E-state index contributed by atoms with van der Waals surface area (Å²) in [5, 5.41) is 18.5. The molecule has 146 valence electrons. The lowest BCUT2D eigenvalue weighted by atomic mass is 10.1. The Bertz CT molecular complexity index is 976. The molecule has 8 nitrogen and oxygen atoms in total. The fourth-order valence-electron chi connectivity index (χ4n) is 4.29. The van der Waals surface area contributed by atoms with Gasteiger partial charge >= 0.3 is 0 Å². The van der Waals surface area contributed by atoms with Crippen molar-refractivity contribution in [2.75, 3.05) is 13.1 Å². The third kappa shape index (κ3) is 3.04. The van der Waals surface area contributed by atoms with E-state index < -0.39 is 0 Å². The summed E-state index contributed by atoms with van der Waals surface area (Å²) in [5.41, 5.74) is 2.33. The van der Waals surface area contributed by atoms with Gasteiger partial charge in [0.05, 0.1) is 29.4 Å². The van der Waals surface area contributed by atoms with E-state index in [-0.39, 0.29) is 11.9 Å². The van der Waals surface area contributed by atoms with Gasteiger partial charge in [0.15, 0.2) is 11.6 Å². The van der Waals surface area contributed by atoms with Crippen molar-refractivity contribution in [3.8, 4) is 10.6 Å². The molecule has 1 saturated heterocycles. The Morgan fingerprint density at radius 1 is 1.32 bits per heavy atom. The van der Waals surface area contributed by atoms with Crippen LogP contribution in [0.4, 0.5) is 0 Å². The minimum atomic E-state index is 0.0966. The largest absolute Gasteiger partial charge is 0.334 e. The molecule has 1 unspecified atom stereocenters. The van der Waals surface area contributed by atoms with Crippen molar-refractivity contribution < 1.29 is 4.79 Å². The molecule has 3 aromatic heterocycles. The van der Waals surface area contributed by atoms with Crippen LogP contribution in [-0.4, -0.2) is 53.8 Å². The smallest absolute Gasteiger partial charge is 0.219 e. The number of H-pyrrole nitrogens is 1. The fraction of sp³-hybridized carbons (Fsp3) is 0.474. The number of nitrogens with one attached hydrogen (secondary N) is 1. The summed E-state index contributed by atoms with van der Waals surface area (Å²) in [4.78, 5) is 17.2. The van der Waals surface area contributed by atoms with Crippen LogP contribution in [0.1, 0.15) is 43.0 Å². The summed E-state index contributed by atoms with van der Waals surface area (Å²) in [6.07, 6.45) is 4.17. The lowest BCUT2D eigenvalue weighted by Crippen LogP contribution is -2.38. The lowest BCUT2D eigenvalue weighted by Gasteiger charge is -2.29. The van der Waals surface area contributed by atoms with E-state index in [1.807, 2.05) is 11.1 Å². The monoisotopic (exact) mass is 397 g/mol. The van der Waals surface area contributed by atoms with Crippen molar-refractivity contribution in [3.05, 3.63) is 40.9 Å². The van der Waals surface area contributed by atoms with Gasteiger partial charge < -0.3 is 9.47 Å². The Kier molecular flexibility index (Phi) is 4.48. The number of fused-ring (bicyclic) bond motifs is 1. The molecule has 0 saturated carbocycles. The van der Waals surface area contributed by atoms with Crippen LogP contribution in [0, 0.1) is 0 Å². The van der Waals surface area contributed by atoms with Gasteiger partial charge in [-0.3, -0.25) is 14.8 Å². The lowest BCUT2D eigenvalue weighted by molar-refractivity contribution is -0.130. The standard InChI is InChI=1S/C19H23N7OS/c1-13(27)24-7-8-26-17(12-24)21-23-19(26)15-4-2-6-25(15)11-14-10-20-22-18(14)16-5-3-9-28-16/h3,5,9-10,15H,2,4,6-8,11-12H2,1H3,(H,20,22). The van der Waals surface area contributed by atoms with E-state index in [1.54, 1.807) is 18.3 Å². The van der Waals surface area contributed by atoms with E-state index in [0.29, 0.717) is 6.54 Å². The van der Waals surface area contributed by atoms with Crippen molar-refractivity contribution in [2.45, 2.75) is 45.4 Å². The van der Waals surface area contributed by atoms with E-state index in [0.717, 1.165) is 56.4 Å². The van der Waals surface area contributed by atoms with Gasteiger partial charge in [-0.25, -0.2) is 0 Å². The minimum Gasteiger partial charge on any atom is -0.334 e. The summed E-state index contributed by atoms with van der Waals surface area (Å²) >= 11 is 1.72. The molecule has 28 heavy (non-hydrogen) atoms. The Labute approximate surface area is 167 Å². The SMILES string of the molecule is CC(=O)N1CCn2c(nnc2C2CCCN2Cc2cn[nH]c2-c2cccs2)C1. The number of hydrogen-bond acceptors (Lipinski definition) is 6. The van der Waals surface area contributed by atoms with E-state index >= 15 is 0 Å². The molecule has 2 aliphatic rings. The van der Waals surface area contributed by atoms with Crippen LogP contribution in [0.5, 0.6) is 0 Å². The van der Waals surface area contributed by atoms with Gasteiger partial charge in [-0.15, -0.1) is 21.5 Å². The Hall–Kier alpha value is -2.52. The molecule has 0 radical (unpaired) electrons. The second-order valence-corrected chi connectivity index (χ2v) is 8.39. The minimum absolute atomic E-state index is 0.0966. The highest BCUT2D eigenvalue weighted by molar-refractivity contribution is 7.13. The number of hydrogen-bond donors (Lipinski definition) is 1. The van der Waals surface area contributed by atoms with Crippen LogP contribution in [-0.2, 0) is 24.4 Å². The summed E-state index contributed by atoms with van der Waals surface area (Å²) < 4.78 is 2.22. The van der Waals surface area contributed by atoms with Gasteiger partial charge in [0, 0.05) is 32.1 Å². The summed E-state index contributed by atoms with van der Waals surface area (Å²) in [6, 6.07) is 4.45. The molecule has 1 amide bonds. The zero-order valence-corrected chi connectivity index (χ0v) is 16.7. The average Bonchev–Trinajstić information content (AvgIpc) is 3.48. The zero-order chi connectivity index (χ0) is 19.1. The Balaban J connectivity index is 1.38. The first-order valence-corrected chi connectivity index (χ1v) is 10.6. The van der Waals surface area contributed by atoms with Crippen LogP contribution in [0.2, 0.25) is 0 Å². The van der Waals surface area contributed by atoms with E-state index in [4.69, 9.17) is 0 Å². The van der Waals surface area contributed by atoms with Crippen LogP contribution >= 0.6 is 11.3 Å². The third-order valence-electron chi connectivity index (χ3n) is 5.75.